The molecule has 0 spiro atoms. The molecule has 0 radical (unpaired) electrons. The molecule has 29 heavy (non-hydrogen) atoms. The molecular formula is C20H17N3O4S2. The highest BCUT2D eigenvalue weighted by atomic mass is 32.2. The average Bonchev–Trinajstić information content (AvgIpc) is 3.32. The van der Waals surface area contributed by atoms with Gasteiger partial charge in [-0.1, -0.05) is 18.2 Å². The Hall–Kier alpha value is -3.04. The fourth-order valence-corrected chi connectivity index (χ4v) is 5.21. The molecule has 0 aliphatic rings. The molecule has 0 bridgehead atoms. The van der Waals surface area contributed by atoms with Gasteiger partial charge in [-0.05, 0) is 44.2 Å². The molecule has 3 heterocycles. The lowest BCUT2D eigenvalue weighted by atomic mass is 10.3. The maximum absolute atomic E-state index is 12.9. The van der Waals surface area contributed by atoms with E-state index >= 15 is 0 Å². The minimum atomic E-state index is -3.72. The maximum Gasteiger partial charge on any atom is 0.350 e. The zero-order valence-electron chi connectivity index (χ0n) is 15.7. The van der Waals surface area contributed by atoms with Crippen molar-refractivity contribution in [2.24, 2.45) is 0 Å². The van der Waals surface area contributed by atoms with Crippen molar-refractivity contribution in [3.8, 4) is 10.7 Å². The van der Waals surface area contributed by atoms with E-state index in [1.807, 2.05) is 0 Å². The second-order valence-electron chi connectivity index (χ2n) is 6.18. The van der Waals surface area contributed by atoms with Crippen molar-refractivity contribution in [2.75, 3.05) is 6.61 Å². The third kappa shape index (κ3) is 3.43. The van der Waals surface area contributed by atoms with Gasteiger partial charge in [-0.15, -0.1) is 11.3 Å². The summed E-state index contributed by atoms with van der Waals surface area (Å²) in [6.07, 6.45) is 1.49. The first kappa shape index (κ1) is 19.3. The maximum atomic E-state index is 12.9. The predicted molar refractivity (Wildman–Crippen MR) is 111 cm³/mol. The molecule has 1 aromatic carbocycles. The van der Waals surface area contributed by atoms with Crippen molar-refractivity contribution in [1.82, 2.24) is 13.9 Å². The van der Waals surface area contributed by atoms with Crippen LogP contribution in [0.1, 0.15) is 22.3 Å². The van der Waals surface area contributed by atoms with E-state index in [1.165, 1.54) is 21.5 Å². The fourth-order valence-electron chi connectivity index (χ4n) is 2.92. The second-order valence-corrected chi connectivity index (χ2v) is 9.00. The monoisotopic (exact) mass is 427 g/mol. The molecule has 3 aromatic heterocycles. The Kier molecular flexibility index (Phi) is 4.93. The minimum absolute atomic E-state index is 0.205. The number of benzene rings is 1. The van der Waals surface area contributed by atoms with E-state index < -0.39 is 16.0 Å². The Labute approximate surface area is 171 Å². The molecule has 0 saturated carbocycles. The quantitative estimate of drug-likeness (QED) is 0.449. The third-order valence-corrected chi connectivity index (χ3v) is 7.15. The van der Waals surface area contributed by atoms with Crippen LogP contribution in [0.25, 0.3) is 21.7 Å². The van der Waals surface area contributed by atoms with E-state index in [4.69, 9.17) is 4.74 Å². The molecule has 4 aromatic rings. The number of esters is 1. The molecule has 0 atom stereocenters. The van der Waals surface area contributed by atoms with Crippen molar-refractivity contribution >= 4 is 38.4 Å². The molecule has 7 nitrogen and oxygen atoms in total. The number of carbonyl (C=O) groups excluding carboxylic acids is 1. The largest absolute Gasteiger partial charge is 0.462 e. The van der Waals surface area contributed by atoms with Gasteiger partial charge in [0.1, 0.15) is 9.88 Å². The van der Waals surface area contributed by atoms with E-state index in [1.54, 1.807) is 62.4 Å². The van der Waals surface area contributed by atoms with Gasteiger partial charge in [-0.2, -0.15) is 0 Å². The molecule has 0 aliphatic heterocycles. The van der Waals surface area contributed by atoms with Crippen molar-refractivity contribution in [1.29, 1.82) is 0 Å². The summed E-state index contributed by atoms with van der Waals surface area (Å²) in [6, 6.07) is 13.3. The number of rotatable bonds is 5. The molecule has 9 heteroatoms. The average molecular weight is 428 g/mol. The van der Waals surface area contributed by atoms with Crippen molar-refractivity contribution < 1.29 is 17.9 Å². The topological polar surface area (TPSA) is 91.2 Å². The first-order chi connectivity index (χ1) is 13.9. The second kappa shape index (κ2) is 7.41. The van der Waals surface area contributed by atoms with Crippen LogP contribution < -0.4 is 0 Å². The van der Waals surface area contributed by atoms with Crippen LogP contribution in [0.4, 0.5) is 0 Å². The highest BCUT2D eigenvalue weighted by Crippen LogP contribution is 2.29. The third-order valence-electron chi connectivity index (χ3n) is 4.28. The van der Waals surface area contributed by atoms with Crippen LogP contribution in [-0.2, 0) is 14.8 Å². The number of aromatic nitrogens is 3. The van der Waals surface area contributed by atoms with Gasteiger partial charge in [-0.25, -0.2) is 27.2 Å². The normalized spacial score (nSPS) is 11.7. The number of thiazole rings is 1. The molecule has 0 unspecified atom stereocenters. The van der Waals surface area contributed by atoms with Gasteiger partial charge in [-0.3, -0.25) is 0 Å². The standard InChI is InChI=1S/C20H17N3O4S2/c1-3-27-20(24)18-13(2)21-19(28-18)16-9-10-17-15(22-16)11-12-23(17)29(25,26)14-7-5-4-6-8-14/h4-12H,3H2,1-2H3. The molecule has 0 saturated heterocycles. The van der Waals surface area contributed by atoms with Crippen LogP contribution in [0.5, 0.6) is 0 Å². The summed E-state index contributed by atoms with van der Waals surface area (Å²) >= 11 is 1.21. The Bertz CT molecular complexity index is 1310. The molecule has 0 N–H and O–H groups in total. The zero-order chi connectivity index (χ0) is 20.6. The summed E-state index contributed by atoms with van der Waals surface area (Å²) < 4.78 is 32.1. The molecule has 0 fully saturated rings. The van der Waals surface area contributed by atoms with E-state index in [9.17, 15) is 13.2 Å². The predicted octanol–water partition coefficient (Wildman–Crippen LogP) is 3.88. The number of hydrogen-bond acceptors (Lipinski definition) is 7. The number of hydrogen-bond donors (Lipinski definition) is 0. The minimum Gasteiger partial charge on any atom is -0.462 e. The number of nitrogens with zero attached hydrogens (tertiary/aromatic N) is 3. The van der Waals surface area contributed by atoms with Gasteiger partial charge in [0, 0.05) is 6.20 Å². The van der Waals surface area contributed by atoms with Crippen LogP contribution in [-0.4, -0.2) is 34.9 Å². The first-order valence-electron chi connectivity index (χ1n) is 8.85. The van der Waals surface area contributed by atoms with E-state index in [2.05, 4.69) is 9.97 Å². The molecule has 148 valence electrons. The Morgan fingerprint density at radius 3 is 2.59 bits per heavy atom. The summed E-state index contributed by atoms with van der Waals surface area (Å²) in [7, 11) is -3.72. The van der Waals surface area contributed by atoms with Crippen LogP contribution in [0.15, 0.2) is 59.6 Å². The Morgan fingerprint density at radius 2 is 1.86 bits per heavy atom. The molecule has 4 rings (SSSR count). The van der Waals surface area contributed by atoms with Crippen LogP contribution >= 0.6 is 11.3 Å². The van der Waals surface area contributed by atoms with Crippen LogP contribution in [0.3, 0.4) is 0 Å². The molecule has 0 aliphatic carbocycles. The fraction of sp³-hybridized carbons (Fsp3) is 0.150. The lowest BCUT2D eigenvalue weighted by Gasteiger charge is -2.07. The summed E-state index contributed by atoms with van der Waals surface area (Å²) in [5, 5.41) is 0.575. The summed E-state index contributed by atoms with van der Waals surface area (Å²) in [5.41, 5.74) is 2.13. The van der Waals surface area contributed by atoms with Gasteiger partial charge in [0.15, 0.2) is 0 Å². The van der Waals surface area contributed by atoms with Crippen LogP contribution in [0.2, 0.25) is 0 Å². The van der Waals surface area contributed by atoms with Gasteiger partial charge < -0.3 is 4.74 Å². The van der Waals surface area contributed by atoms with Gasteiger partial charge in [0.2, 0.25) is 0 Å². The van der Waals surface area contributed by atoms with Crippen molar-refractivity contribution in [2.45, 2.75) is 18.7 Å². The number of aryl methyl sites for hydroxylation is 1. The van der Waals surface area contributed by atoms with E-state index in [-0.39, 0.29) is 4.90 Å². The lowest BCUT2D eigenvalue weighted by Crippen LogP contribution is -2.11. The van der Waals surface area contributed by atoms with Crippen LogP contribution in [0, 0.1) is 6.92 Å². The Morgan fingerprint density at radius 1 is 1.10 bits per heavy atom. The van der Waals surface area contributed by atoms with Gasteiger partial charge >= 0.3 is 5.97 Å². The summed E-state index contributed by atoms with van der Waals surface area (Å²) in [6.45, 7) is 3.78. The van der Waals surface area contributed by atoms with E-state index in [0.29, 0.717) is 38.9 Å². The lowest BCUT2D eigenvalue weighted by molar-refractivity contribution is 0.0531. The Balaban J connectivity index is 1.75. The highest BCUT2D eigenvalue weighted by molar-refractivity contribution is 7.90. The summed E-state index contributed by atoms with van der Waals surface area (Å²) in [5.74, 6) is -0.407. The smallest absolute Gasteiger partial charge is 0.350 e. The number of pyridine rings is 1. The number of ether oxygens (including phenoxy) is 1. The first-order valence-corrected chi connectivity index (χ1v) is 11.1. The summed E-state index contributed by atoms with van der Waals surface area (Å²) in [4.78, 5) is 21.6. The van der Waals surface area contributed by atoms with Gasteiger partial charge in [0.05, 0.1) is 33.9 Å². The number of carbonyl (C=O) groups is 1. The molecular weight excluding hydrogens is 410 g/mol. The SMILES string of the molecule is CCOC(=O)c1sc(-c2ccc3c(ccn3S(=O)(=O)c3ccccc3)n2)nc1C. The van der Waals surface area contributed by atoms with Crippen molar-refractivity contribution in [3.05, 3.63) is 65.3 Å². The van der Waals surface area contributed by atoms with E-state index in [0.717, 1.165) is 0 Å². The zero-order valence-corrected chi connectivity index (χ0v) is 17.3. The van der Waals surface area contributed by atoms with Crippen molar-refractivity contribution in [3.63, 3.8) is 0 Å². The van der Waals surface area contributed by atoms with Gasteiger partial charge in [0.25, 0.3) is 10.0 Å². The highest BCUT2D eigenvalue weighted by Gasteiger charge is 2.21. The number of fused-ring (bicyclic) bond motifs is 1. The molecule has 0 amide bonds.